The minimum absolute atomic E-state index is 0.311. The minimum Gasteiger partial charge on any atom is -0.468 e. The van der Waals surface area contributed by atoms with Crippen molar-refractivity contribution in [3.05, 3.63) is 94.2 Å². The third-order valence-electron chi connectivity index (χ3n) is 6.70. The number of aryl methyl sites for hydroxylation is 1. The number of hydrogen-bond donors (Lipinski definition) is 0. The maximum absolute atomic E-state index is 13.1. The molecular formula is C28H30N2O4. The van der Waals surface area contributed by atoms with Crippen LogP contribution >= 0.6 is 0 Å². The van der Waals surface area contributed by atoms with Crippen LogP contribution < -0.4 is 4.90 Å². The highest BCUT2D eigenvalue weighted by Gasteiger charge is 2.56. The van der Waals surface area contributed by atoms with E-state index in [2.05, 4.69) is 29.2 Å². The Balaban J connectivity index is 1.89. The lowest BCUT2D eigenvalue weighted by Crippen LogP contribution is -2.44. The van der Waals surface area contributed by atoms with Crippen LogP contribution in [0, 0.1) is 13.8 Å². The van der Waals surface area contributed by atoms with Crippen molar-refractivity contribution < 1.29 is 19.1 Å². The van der Waals surface area contributed by atoms with Gasteiger partial charge in [-0.2, -0.15) is 0 Å². The van der Waals surface area contributed by atoms with Gasteiger partial charge in [-0.05, 0) is 54.5 Å². The fourth-order valence-electron chi connectivity index (χ4n) is 5.11. The van der Waals surface area contributed by atoms with Gasteiger partial charge in [-0.3, -0.25) is 9.59 Å². The molecule has 0 unspecified atom stereocenters. The molecule has 0 amide bonds. The van der Waals surface area contributed by atoms with E-state index in [9.17, 15) is 9.59 Å². The number of carbonyl (C=O) groups excluding carboxylic acids is 2. The largest absolute Gasteiger partial charge is 0.468 e. The maximum Gasteiger partial charge on any atom is 0.327 e. The molecule has 0 atom stereocenters. The highest BCUT2D eigenvalue weighted by molar-refractivity contribution is 6.08. The van der Waals surface area contributed by atoms with Crippen LogP contribution in [0.2, 0.25) is 0 Å². The first-order valence-corrected chi connectivity index (χ1v) is 11.4. The van der Waals surface area contributed by atoms with Crippen LogP contribution in [0.1, 0.15) is 39.9 Å². The predicted octanol–water partition coefficient (Wildman–Crippen LogP) is 4.44. The van der Waals surface area contributed by atoms with E-state index < -0.39 is 17.4 Å². The quantitative estimate of drug-likeness (QED) is 0.385. The van der Waals surface area contributed by atoms with Gasteiger partial charge in [0.05, 0.1) is 14.2 Å². The lowest BCUT2D eigenvalue weighted by Gasteiger charge is -2.31. The van der Waals surface area contributed by atoms with Crippen molar-refractivity contribution in [2.45, 2.75) is 45.2 Å². The molecule has 0 radical (unpaired) electrons. The number of anilines is 1. The monoisotopic (exact) mass is 458 g/mol. The summed E-state index contributed by atoms with van der Waals surface area (Å²) in [4.78, 5) is 33.3. The van der Waals surface area contributed by atoms with E-state index in [1.807, 2.05) is 50.2 Å². The Bertz CT molecular complexity index is 1130. The van der Waals surface area contributed by atoms with Crippen molar-refractivity contribution in [3.8, 4) is 0 Å². The number of ether oxygens (including phenoxy) is 2. The Morgan fingerprint density at radius 2 is 1.38 bits per heavy atom. The molecule has 0 bridgehead atoms. The third kappa shape index (κ3) is 4.04. The highest BCUT2D eigenvalue weighted by Crippen LogP contribution is 2.46. The van der Waals surface area contributed by atoms with Gasteiger partial charge in [0, 0.05) is 18.8 Å². The number of nitrogens with zero attached hydrogens (tertiary/aromatic N) is 2. The summed E-state index contributed by atoms with van der Waals surface area (Å²) in [7, 11) is 2.62. The van der Waals surface area contributed by atoms with Gasteiger partial charge < -0.3 is 14.4 Å². The molecule has 1 heterocycles. The van der Waals surface area contributed by atoms with E-state index in [4.69, 9.17) is 14.5 Å². The molecule has 0 saturated carbocycles. The number of pyridine rings is 1. The number of aromatic nitrogens is 1. The average Bonchev–Trinajstić information content (AvgIpc) is 3.29. The van der Waals surface area contributed by atoms with Gasteiger partial charge in [0.1, 0.15) is 5.82 Å². The molecule has 0 aliphatic heterocycles. The van der Waals surface area contributed by atoms with E-state index >= 15 is 0 Å². The topological polar surface area (TPSA) is 68.7 Å². The number of carbonyl (C=O) groups is 2. The van der Waals surface area contributed by atoms with Crippen molar-refractivity contribution in [1.29, 1.82) is 0 Å². The van der Waals surface area contributed by atoms with Gasteiger partial charge in [-0.1, -0.05) is 60.7 Å². The Morgan fingerprint density at radius 3 is 1.85 bits per heavy atom. The van der Waals surface area contributed by atoms with Gasteiger partial charge in [-0.15, -0.1) is 0 Å². The molecule has 4 rings (SSSR count). The van der Waals surface area contributed by atoms with Crippen LogP contribution in [0.4, 0.5) is 5.82 Å². The SMILES string of the molecule is COC(=O)C1(C(=O)OC)CCc2c(C)nc(N(Cc3ccccc3)Cc3ccccc3)c(C)c21. The summed E-state index contributed by atoms with van der Waals surface area (Å²) < 4.78 is 10.3. The smallest absolute Gasteiger partial charge is 0.327 e. The summed E-state index contributed by atoms with van der Waals surface area (Å²) in [6.07, 6.45) is 0.878. The fraction of sp³-hybridized carbons (Fsp3) is 0.321. The molecule has 1 aliphatic carbocycles. The van der Waals surface area contributed by atoms with Crippen LogP contribution in [0.3, 0.4) is 0 Å². The van der Waals surface area contributed by atoms with Crippen LogP contribution in [-0.4, -0.2) is 31.1 Å². The molecule has 176 valence electrons. The fourth-order valence-corrected chi connectivity index (χ4v) is 5.11. The molecule has 6 nitrogen and oxygen atoms in total. The highest BCUT2D eigenvalue weighted by atomic mass is 16.5. The molecule has 1 aliphatic rings. The summed E-state index contributed by atoms with van der Waals surface area (Å²) in [5, 5.41) is 0. The van der Waals surface area contributed by atoms with Crippen LogP contribution in [-0.2, 0) is 44.0 Å². The number of rotatable bonds is 7. The second-order valence-corrected chi connectivity index (χ2v) is 8.72. The summed E-state index contributed by atoms with van der Waals surface area (Å²) in [6.45, 7) is 5.14. The number of hydrogen-bond acceptors (Lipinski definition) is 6. The summed E-state index contributed by atoms with van der Waals surface area (Å²) >= 11 is 0. The first-order valence-electron chi connectivity index (χ1n) is 11.4. The molecule has 0 N–H and O–H groups in total. The van der Waals surface area contributed by atoms with E-state index in [0.29, 0.717) is 31.5 Å². The lowest BCUT2D eigenvalue weighted by molar-refractivity contribution is -0.162. The van der Waals surface area contributed by atoms with Crippen LogP contribution in [0.15, 0.2) is 60.7 Å². The van der Waals surface area contributed by atoms with E-state index in [0.717, 1.165) is 33.8 Å². The maximum atomic E-state index is 13.1. The van der Waals surface area contributed by atoms with Crippen molar-refractivity contribution in [1.82, 2.24) is 4.98 Å². The first-order chi connectivity index (χ1) is 16.4. The Labute approximate surface area is 200 Å². The standard InChI is InChI=1S/C28H30N2O4/c1-19-24-23(15-16-28(24,26(31)33-3)27(32)34-4)20(2)29-25(19)30(17-21-11-7-5-8-12-21)18-22-13-9-6-10-14-22/h5-14H,15-18H2,1-4H3. The zero-order valence-electron chi connectivity index (χ0n) is 20.1. The third-order valence-corrected chi connectivity index (χ3v) is 6.70. The second-order valence-electron chi connectivity index (χ2n) is 8.72. The molecule has 0 spiro atoms. The molecule has 3 aromatic rings. The van der Waals surface area contributed by atoms with Gasteiger partial charge in [0.2, 0.25) is 0 Å². The van der Waals surface area contributed by atoms with Crippen molar-refractivity contribution in [3.63, 3.8) is 0 Å². The normalized spacial score (nSPS) is 13.8. The Hall–Kier alpha value is -3.67. The number of esters is 2. The molecule has 34 heavy (non-hydrogen) atoms. The number of benzene rings is 2. The first kappa shape index (κ1) is 23.5. The van der Waals surface area contributed by atoms with E-state index in [-0.39, 0.29) is 0 Å². The van der Waals surface area contributed by atoms with E-state index in [1.165, 1.54) is 14.2 Å². The Morgan fingerprint density at radius 1 is 0.882 bits per heavy atom. The van der Waals surface area contributed by atoms with Gasteiger partial charge in [-0.25, -0.2) is 4.98 Å². The van der Waals surface area contributed by atoms with Crippen molar-refractivity contribution in [2.24, 2.45) is 0 Å². The van der Waals surface area contributed by atoms with Gasteiger partial charge in [0.25, 0.3) is 0 Å². The molecule has 2 aromatic carbocycles. The second kappa shape index (κ2) is 9.67. The minimum atomic E-state index is -1.48. The van der Waals surface area contributed by atoms with Crippen LogP contribution in [0.25, 0.3) is 0 Å². The van der Waals surface area contributed by atoms with Crippen molar-refractivity contribution in [2.75, 3.05) is 19.1 Å². The summed E-state index contributed by atoms with van der Waals surface area (Å²) in [5.74, 6) is -0.422. The van der Waals surface area contributed by atoms with Gasteiger partial charge >= 0.3 is 11.9 Å². The molecule has 6 heteroatoms. The summed E-state index contributed by atoms with van der Waals surface area (Å²) in [6, 6.07) is 20.4. The molecule has 0 saturated heterocycles. The van der Waals surface area contributed by atoms with E-state index in [1.54, 1.807) is 0 Å². The van der Waals surface area contributed by atoms with Crippen LogP contribution in [0.5, 0.6) is 0 Å². The number of methoxy groups -OCH3 is 2. The number of fused-ring (bicyclic) bond motifs is 1. The predicted molar refractivity (Wildman–Crippen MR) is 131 cm³/mol. The average molecular weight is 459 g/mol. The summed E-state index contributed by atoms with van der Waals surface area (Å²) in [5.41, 5.74) is 4.04. The zero-order chi connectivity index (χ0) is 24.3. The lowest BCUT2D eigenvalue weighted by atomic mass is 9.79. The molecular weight excluding hydrogens is 428 g/mol. The zero-order valence-corrected chi connectivity index (χ0v) is 20.1. The molecule has 0 fully saturated rings. The van der Waals surface area contributed by atoms with Crippen molar-refractivity contribution >= 4 is 17.8 Å². The van der Waals surface area contributed by atoms with Gasteiger partial charge in [0.15, 0.2) is 5.41 Å². The Kier molecular flexibility index (Phi) is 6.68. The molecule has 1 aromatic heterocycles.